The second-order valence-corrected chi connectivity index (χ2v) is 5.49. The number of carbonyl (C=O) groups excluding carboxylic acids is 1. The molecule has 21 heavy (non-hydrogen) atoms. The van der Waals surface area contributed by atoms with E-state index in [-0.39, 0.29) is 5.56 Å². The van der Waals surface area contributed by atoms with Crippen LogP contribution in [0, 0.1) is 11.6 Å². The molecule has 2 aromatic rings. The molecule has 0 aliphatic heterocycles. The Morgan fingerprint density at radius 2 is 2.29 bits per heavy atom. The standard InChI is InChI=1S/C13H12F2N4OS/c1-3-6-19-13(16-17-18-19)21-8(2)12(20)10-7-9(14)4-5-11(10)15/h3-5,7-8H,1,6H2,2H3. The fourth-order valence-corrected chi connectivity index (χ4v) is 2.50. The maximum Gasteiger partial charge on any atom is 0.210 e. The van der Waals surface area contributed by atoms with Crippen LogP contribution in [0.25, 0.3) is 0 Å². The van der Waals surface area contributed by atoms with E-state index < -0.39 is 22.7 Å². The minimum Gasteiger partial charge on any atom is -0.293 e. The number of hydrogen-bond acceptors (Lipinski definition) is 5. The minimum absolute atomic E-state index is 0.280. The van der Waals surface area contributed by atoms with Crippen LogP contribution in [-0.2, 0) is 6.54 Å². The Kier molecular flexibility index (Phi) is 4.79. The third-order valence-electron chi connectivity index (χ3n) is 2.65. The summed E-state index contributed by atoms with van der Waals surface area (Å²) in [6.45, 7) is 5.56. The van der Waals surface area contributed by atoms with Crippen molar-refractivity contribution >= 4 is 17.5 Å². The molecule has 0 N–H and O–H groups in total. The minimum atomic E-state index is -0.750. The van der Waals surface area contributed by atoms with Crippen molar-refractivity contribution in [1.29, 1.82) is 0 Å². The Balaban J connectivity index is 2.17. The van der Waals surface area contributed by atoms with E-state index in [2.05, 4.69) is 22.1 Å². The third-order valence-corrected chi connectivity index (χ3v) is 3.72. The topological polar surface area (TPSA) is 60.7 Å². The lowest BCUT2D eigenvalue weighted by Crippen LogP contribution is -2.16. The Morgan fingerprint density at radius 1 is 1.52 bits per heavy atom. The molecule has 0 saturated carbocycles. The molecule has 8 heteroatoms. The summed E-state index contributed by atoms with van der Waals surface area (Å²) in [4.78, 5) is 12.2. The zero-order valence-electron chi connectivity index (χ0n) is 11.2. The van der Waals surface area contributed by atoms with Crippen molar-refractivity contribution < 1.29 is 13.6 Å². The van der Waals surface area contributed by atoms with Crippen molar-refractivity contribution in [3.8, 4) is 0 Å². The van der Waals surface area contributed by atoms with Gasteiger partial charge in [0.15, 0.2) is 5.78 Å². The molecule has 0 amide bonds. The van der Waals surface area contributed by atoms with Crippen LogP contribution >= 0.6 is 11.8 Å². The number of hydrogen-bond donors (Lipinski definition) is 0. The molecule has 0 aliphatic rings. The Morgan fingerprint density at radius 3 is 3.00 bits per heavy atom. The van der Waals surface area contributed by atoms with Crippen molar-refractivity contribution in [2.75, 3.05) is 0 Å². The Hall–Kier alpha value is -2.09. The van der Waals surface area contributed by atoms with Crippen LogP contribution in [0.1, 0.15) is 17.3 Å². The van der Waals surface area contributed by atoms with Gasteiger partial charge in [-0.25, -0.2) is 13.5 Å². The van der Waals surface area contributed by atoms with Crippen LogP contribution in [0.5, 0.6) is 0 Å². The average molecular weight is 310 g/mol. The fraction of sp³-hybridized carbons (Fsp3) is 0.231. The number of allylic oxidation sites excluding steroid dienone is 1. The van der Waals surface area contributed by atoms with Gasteiger partial charge in [-0.1, -0.05) is 17.8 Å². The molecule has 0 fully saturated rings. The molecule has 5 nitrogen and oxygen atoms in total. The molecule has 1 heterocycles. The second kappa shape index (κ2) is 6.57. The summed E-state index contributed by atoms with van der Waals surface area (Å²) >= 11 is 1.07. The van der Waals surface area contributed by atoms with E-state index in [0.717, 1.165) is 30.0 Å². The van der Waals surface area contributed by atoms with Gasteiger partial charge in [-0.3, -0.25) is 4.79 Å². The SMILES string of the molecule is C=CCn1nnnc1SC(C)C(=O)c1cc(F)ccc1F. The van der Waals surface area contributed by atoms with Gasteiger partial charge in [-0.05, 0) is 35.5 Å². The maximum atomic E-state index is 13.6. The van der Waals surface area contributed by atoms with Crippen LogP contribution in [0.15, 0.2) is 36.0 Å². The molecule has 1 aromatic carbocycles. The lowest BCUT2D eigenvalue weighted by atomic mass is 10.1. The van der Waals surface area contributed by atoms with Gasteiger partial charge in [0.25, 0.3) is 0 Å². The highest BCUT2D eigenvalue weighted by Gasteiger charge is 2.22. The van der Waals surface area contributed by atoms with Crippen LogP contribution in [0.2, 0.25) is 0 Å². The van der Waals surface area contributed by atoms with Crippen molar-refractivity contribution in [2.45, 2.75) is 23.9 Å². The summed E-state index contributed by atoms with van der Waals surface area (Å²) in [5.41, 5.74) is -0.280. The molecule has 0 spiro atoms. The molecule has 0 bridgehead atoms. The highest BCUT2D eigenvalue weighted by Crippen LogP contribution is 2.24. The van der Waals surface area contributed by atoms with Crippen LogP contribution in [0.4, 0.5) is 8.78 Å². The lowest BCUT2D eigenvalue weighted by Gasteiger charge is -2.10. The molecular weight excluding hydrogens is 298 g/mol. The number of thioether (sulfide) groups is 1. The largest absolute Gasteiger partial charge is 0.293 e. The number of tetrazole rings is 1. The number of Topliss-reactive ketones (excluding diaryl/α,β-unsaturated/α-hetero) is 1. The number of rotatable bonds is 6. The van der Waals surface area contributed by atoms with Gasteiger partial charge >= 0.3 is 0 Å². The van der Waals surface area contributed by atoms with E-state index >= 15 is 0 Å². The van der Waals surface area contributed by atoms with E-state index in [0.29, 0.717) is 11.7 Å². The third kappa shape index (κ3) is 3.52. The van der Waals surface area contributed by atoms with Gasteiger partial charge < -0.3 is 0 Å². The molecule has 2 rings (SSSR count). The normalized spacial score (nSPS) is 12.1. The van der Waals surface area contributed by atoms with Crippen LogP contribution in [0.3, 0.4) is 0 Å². The summed E-state index contributed by atoms with van der Waals surface area (Å²) in [5.74, 6) is -1.93. The number of carbonyl (C=O) groups is 1. The Labute approximate surface area is 124 Å². The number of nitrogens with zero attached hydrogens (tertiary/aromatic N) is 4. The molecule has 1 atom stereocenters. The van der Waals surface area contributed by atoms with Crippen molar-refractivity contribution in [3.05, 3.63) is 48.1 Å². The summed E-state index contributed by atoms with van der Waals surface area (Å²) in [6, 6.07) is 2.79. The predicted octanol–water partition coefficient (Wildman–Crippen LogP) is 2.50. The second-order valence-electron chi connectivity index (χ2n) is 4.18. The highest BCUT2D eigenvalue weighted by atomic mass is 32.2. The molecule has 1 aromatic heterocycles. The summed E-state index contributed by atoms with van der Waals surface area (Å²) < 4.78 is 28.2. The maximum absolute atomic E-state index is 13.6. The molecule has 0 aliphatic carbocycles. The van der Waals surface area contributed by atoms with E-state index in [1.165, 1.54) is 4.68 Å². The zero-order chi connectivity index (χ0) is 15.4. The quantitative estimate of drug-likeness (QED) is 0.466. The lowest BCUT2D eigenvalue weighted by molar-refractivity contribution is 0.0989. The molecule has 1 unspecified atom stereocenters. The van der Waals surface area contributed by atoms with Gasteiger partial charge in [-0.15, -0.1) is 11.7 Å². The van der Waals surface area contributed by atoms with Gasteiger partial charge in [0.05, 0.1) is 17.4 Å². The highest BCUT2D eigenvalue weighted by molar-refractivity contribution is 8.00. The first-order valence-electron chi connectivity index (χ1n) is 6.06. The van der Waals surface area contributed by atoms with E-state index in [1.807, 2.05) is 0 Å². The molecule has 0 saturated heterocycles. The monoisotopic (exact) mass is 310 g/mol. The van der Waals surface area contributed by atoms with Crippen LogP contribution < -0.4 is 0 Å². The number of halogens is 2. The van der Waals surface area contributed by atoms with Crippen molar-refractivity contribution in [3.63, 3.8) is 0 Å². The molecule has 0 radical (unpaired) electrons. The van der Waals surface area contributed by atoms with Crippen molar-refractivity contribution in [1.82, 2.24) is 20.2 Å². The van der Waals surface area contributed by atoms with Gasteiger partial charge in [-0.2, -0.15) is 0 Å². The zero-order valence-corrected chi connectivity index (χ0v) is 12.0. The number of aromatic nitrogens is 4. The first kappa shape index (κ1) is 15.3. The van der Waals surface area contributed by atoms with E-state index in [9.17, 15) is 13.6 Å². The van der Waals surface area contributed by atoms with Gasteiger partial charge in [0.1, 0.15) is 11.6 Å². The number of ketones is 1. The van der Waals surface area contributed by atoms with Crippen LogP contribution in [-0.4, -0.2) is 31.2 Å². The van der Waals surface area contributed by atoms with Gasteiger partial charge in [0.2, 0.25) is 5.16 Å². The first-order chi connectivity index (χ1) is 10.0. The molecule has 110 valence electrons. The van der Waals surface area contributed by atoms with E-state index in [4.69, 9.17) is 0 Å². The summed E-state index contributed by atoms with van der Waals surface area (Å²) in [5, 5.41) is 10.8. The smallest absolute Gasteiger partial charge is 0.210 e. The number of benzene rings is 1. The van der Waals surface area contributed by atoms with Gasteiger partial charge in [0, 0.05) is 0 Å². The fourth-order valence-electron chi connectivity index (χ4n) is 1.63. The average Bonchev–Trinajstić information content (AvgIpc) is 2.88. The Bertz CT molecular complexity index is 674. The van der Waals surface area contributed by atoms with E-state index in [1.54, 1.807) is 13.0 Å². The summed E-state index contributed by atoms with van der Waals surface area (Å²) in [6.07, 6.45) is 1.61. The molecular formula is C13H12F2N4OS. The first-order valence-corrected chi connectivity index (χ1v) is 6.94. The van der Waals surface area contributed by atoms with Crippen molar-refractivity contribution in [2.24, 2.45) is 0 Å². The summed E-state index contributed by atoms with van der Waals surface area (Å²) in [7, 11) is 0. The predicted molar refractivity (Wildman–Crippen MR) is 74.0 cm³/mol.